The normalized spacial score (nSPS) is 19.2. The molecule has 1 aromatic heterocycles. The summed E-state index contributed by atoms with van der Waals surface area (Å²) in [5.74, 6) is 1.38. The largest absolute Gasteiger partial charge is 0.493 e. The van der Waals surface area contributed by atoms with Gasteiger partial charge in [-0.25, -0.2) is 4.98 Å². The molecule has 1 fully saturated rings. The molecule has 39 heavy (non-hydrogen) atoms. The van der Waals surface area contributed by atoms with Crippen LogP contribution in [0.15, 0.2) is 79.4 Å². The van der Waals surface area contributed by atoms with Gasteiger partial charge in [0.2, 0.25) is 5.91 Å². The Morgan fingerprint density at radius 3 is 2.79 bits per heavy atom. The van der Waals surface area contributed by atoms with E-state index in [0.717, 1.165) is 51.2 Å². The molecule has 2 atom stereocenters. The van der Waals surface area contributed by atoms with Crippen LogP contribution in [0.5, 0.6) is 5.75 Å². The number of carbonyl (C=O) groups is 1. The van der Waals surface area contributed by atoms with Gasteiger partial charge < -0.3 is 14.6 Å². The molecule has 1 aliphatic carbocycles. The van der Waals surface area contributed by atoms with Crippen LogP contribution in [0.25, 0.3) is 10.8 Å². The highest BCUT2D eigenvalue weighted by Crippen LogP contribution is 2.29. The predicted molar refractivity (Wildman–Crippen MR) is 155 cm³/mol. The monoisotopic (exact) mass is 522 g/mol. The van der Waals surface area contributed by atoms with Crippen molar-refractivity contribution in [3.05, 3.63) is 96.1 Å². The smallest absolute Gasteiger partial charge is 0.224 e. The van der Waals surface area contributed by atoms with Crippen molar-refractivity contribution >= 4 is 16.7 Å². The van der Waals surface area contributed by atoms with Crippen LogP contribution in [-0.2, 0) is 30.7 Å². The second-order valence-electron chi connectivity index (χ2n) is 11.2. The van der Waals surface area contributed by atoms with Crippen molar-refractivity contribution in [2.45, 2.75) is 45.2 Å². The van der Waals surface area contributed by atoms with Gasteiger partial charge in [0.05, 0.1) is 18.9 Å². The molecule has 4 aromatic rings. The van der Waals surface area contributed by atoms with Crippen molar-refractivity contribution in [3.8, 4) is 5.75 Å². The molecule has 2 heterocycles. The number of likely N-dealkylation sites (tertiary alicyclic amines) is 1. The van der Waals surface area contributed by atoms with Gasteiger partial charge in [0.1, 0.15) is 5.75 Å². The summed E-state index contributed by atoms with van der Waals surface area (Å²) in [6, 6.07) is 21.8. The number of hydrogen-bond acceptors (Lipinski definition) is 4. The molecule has 6 nitrogen and oxygen atoms in total. The molecule has 0 spiro atoms. The summed E-state index contributed by atoms with van der Waals surface area (Å²) >= 11 is 0. The number of nitrogens with one attached hydrogen (secondary N) is 1. The van der Waals surface area contributed by atoms with Crippen molar-refractivity contribution in [2.75, 3.05) is 26.2 Å². The zero-order valence-corrected chi connectivity index (χ0v) is 22.6. The summed E-state index contributed by atoms with van der Waals surface area (Å²) in [6.45, 7) is 4.71. The van der Waals surface area contributed by atoms with E-state index in [2.05, 4.69) is 75.9 Å². The Balaban J connectivity index is 1.10. The number of carbonyl (C=O) groups excluding carboxylic acids is 1. The fourth-order valence-corrected chi connectivity index (χ4v) is 6.23. The number of aromatic nitrogens is 2. The van der Waals surface area contributed by atoms with E-state index >= 15 is 0 Å². The lowest BCUT2D eigenvalue weighted by molar-refractivity contribution is -0.127. The summed E-state index contributed by atoms with van der Waals surface area (Å²) in [5, 5.41) is 5.72. The molecule has 0 bridgehead atoms. The topological polar surface area (TPSA) is 59.4 Å². The maximum absolute atomic E-state index is 13.3. The Kier molecular flexibility index (Phi) is 7.91. The molecule has 0 radical (unpaired) electrons. The van der Waals surface area contributed by atoms with Gasteiger partial charge in [-0.1, -0.05) is 42.5 Å². The zero-order chi connectivity index (χ0) is 26.4. The number of piperidine rings is 1. The Bertz CT molecular complexity index is 1400. The molecule has 1 amide bonds. The highest BCUT2D eigenvalue weighted by molar-refractivity contribution is 5.83. The number of nitrogens with zero attached hydrogens (tertiary/aromatic N) is 3. The van der Waals surface area contributed by atoms with Crippen LogP contribution in [0.4, 0.5) is 0 Å². The van der Waals surface area contributed by atoms with Crippen LogP contribution in [0.1, 0.15) is 36.0 Å². The molecular formula is C33H38N4O2. The fraction of sp³-hybridized carbons (Fsp3) is 0.394. The Morgan fingerprint density at radius 1 is 1.00 bits per heavy atom. The second kappa shape index (κ2) is 12.0. The van der Waals surface area contributed by atoms with Gasteiger partial charge in [-0.05, 0) is 77.8 Å². The average molecular weight is 523 g/mol. The maximum atomic E-state index is 13.3. The predicted octanol–water partition coefficient (Wildman–Crippen LogP) is 5.25. The molecule has 1 saturated heterocycles. The molecule has 1 N–H and O–H groups in total. The van der Waals surface area contributed by atoms with Crippen molar-refractivity contribution < 1.29 is 9.53 Å². The lowest BCUT2D eigenvalue weighted by Crippen LogP contribution is -2.47. The molecule has 6 heteroatoms. The summed E-state index contributed by atoms with van der Waals surface area (Å²) in [4.78, 5) is 19.8. The second-order valence-corrected chi connectivity index (χ2v) is 11.2. The van der Waals surface area contributed by atoms with E-state index in [9.17, 15) is 4.79 Å². The van der Waals surface area contributed by atoms with Crippen LogP contribution in [0.2, 0.25) is 0 Å². The minimum absolute atomic E-state index is 0.0407. The SMILES string of the molecule is O=C(NCCCn1ccnc1)[C@@H]1C[C@H](COc2ccc3c(c2)CCC3)CN(Cc2ccc3ccccc3c2)C1. The first-order valence-corrected chi connectivity index (χ1v) is 14.4. The van der Waals surface area contributed by atoms with Crippen molar-refractivity contribution in [1.82, 2.24) is 19.8 Å². The van der Waals surface area contributed by atoms with Gasteiger partial charge in [0, 0.05) is 51.0 Å². The third-order valence-corrected chi connectivity index (χ3v) is 8.21. The van der Waals surface area contributed by atoms with Crippen molar-refractivity contribution in [2.24, 2.45) is 11.8 Å². The molecule has 3 aromatic carbocycles. The van der Waals surface area contributed by atoms with E-state index in [0.29, 0.717) is 19.1 Å². The number of aryl methyl sites for hydroxylation is 3. The molecule has 6 rings (SSSR count). The first-order chi connectivity index (χ1) is 19.2. The molecule has 202 valence electrons. The van der Waals surface area contributed by atoms with Gasteiger partial charge >= 0.3 is 0 Å². The Morgan fingerprint density at radius 2 is 1.90 bits per heavy atom. The molecule has 1 aliphatic heterocycles. The van der Waals surface area contributed by atoms with E-state index in [1.54, 1.807) is 6.20 Å². The third kappa shape index (κ3) is 6.51. The van der Waals surface area contributed by atoms with Gasteiger partial charge in [-0.15, -0.1) is 0 Å². The minimum atomic E-state index is -0.0407. The Labute approximate surface area is 231 Å². The van der Waals surface area contributed by atoms with E-state index in [4.69, 9.17) is 4.74 Å². The van der Waals surface area contributed by atoms with E-state index in [1.165, 1.54) is 40.3 Å². The van der Waals surface area contributed by atoms with Crippen molar-refractivity contribution in [1.29, 1.82) is 0 Å². The number of amides is 1. The zero-order valence-electron chi connectivity index (χ0n) is 22.6. The average Bonchev–Trinajstić information content (AvgIpc) is 3.66. The fourth-order valence-electron chi connectivity index (χ4n) is 6.23. The highest BCUT2D eigenvalue weighted by atomic mass is 16.5. The summed E-state index contributed by atoms with van der Waals surface area (Å²) in [5.41, 5.74) is 4.18. The number of hydrogen-bond donors (Lipinski definition) is 1. The van der Waals surface area contributed by atoms with Gasteiger partial charge in [-0.2, -0.15) is 0 Å². The standard InChI is InChI=1S/C33H38N4O2/c38-33(35-13-4-15-36-16-14-34-24-36)31-18-26(23-39-32-12-11-28-7-3-8-30(28)19-32)21-37(22-31)20-25-9-10-27-5-1-2-6-29(27)17-25/h1-2,5-6,9-12,14,16-17,19,24,26,31H,3-4,7-8,13,15,18,20-23H2,(H,35,38)/t26-,31+/m0/s1. The van der Waals surface area contributed by atoms with Crippen LogP contribution in [0.3, 0.4) is 0 Å². The molecular weight excluding hydrogens is 484 g/mol. The maximum Gasteiger partial charge on any atom is 0.224 e. The van der Waals surface area contributed by atoms with Crippen LogP contribution < -0.4 is 10.1 Å². The number of fused-ring (bicyclic) bond motifs is 2. The van der Waals surface area contributed by atoms with Crippen LogP contribution in [0, 0.1) is 11.8 Å². The lowest BCUT2D eigenvalue weighted by Gasteiger charge is -2.37. The third-order valence-electron chi connectivity index (χ3n) is 8.21. The molecule has 2 aliphatic rings. The van der Waals surface area contributed by atoms with Crippen LogP contribution >= 0.6 is 0 Å². The van der Waals surface area contributed by atoms with E-state index < -0.39 is 0 Å². The summed E-state index contributed by atoms with van der Waals surface area (Å²) in [7, 11) is 0. The number of benzene rings is 3. The lowest BCUT2D eigenvalue weighted by atomic mass is 9.88. The van der Waals surface area contributed by atoms with Crippen LogP contribution in [-0.4, -0.2) is 46.6 Å². The number of ether oxygens (including phenoxy) is 1. The van der Waals surface area contributed by atoms with E-state index in [-0.39, 0.29) is 11.8 Å². The molecule has 0 unspecified atom stereocenters. The summed E-state index contributed by atoms with van der Waals surface area (Å²) in [6.07, 6.45) is 10.9. The van der Waals surface area contributed by atoms with Gasteiger partial charge in [0.25, 0.3) is 0 Å². The molecule has 0 saturated carbocycles. The van der Waals surface area contributed by atoms with Gasteiger partial charge in [0.15, 0.2) is 0 Å². The van der Waals surface area contributed by atoms with Crippen molar-refractivity contribution in [3.63, 3.8) is 0 Å². The first kappa shape index (κ1) is 25.6. The number of imidazole rings is 1. The highest BCUT2D eigenvalue weighted by Gasteiger charge is 2.32. The Hall–Kier alpha value is -3.64. The minimum Gasteiger partial charge on any atom is -0.493 e. The van der Waals surface area contributed by atoms with Gasteiger partial charge in [-0.3, -0.25) is 9.69 Å². The quantitative estimate of drug-likeness (QED) is 0.289. The summed E-state index contributed by atoms with van der Waals surface area (Å²) < 4.78 is 8.37. The number of rotatable bonds is 10. The first-order valence-electron chi connectivity index (χ1n) is 14.4. The van der Waals surface area contributed by atoms with E-state index in [1.807, 2.05) is 17.1 Å².